The van der Waals surface area contributed by atoms with Crippen molar-refractivity contribution in [1.82, 2.24) is 4.90 Å². The number of hydrogen-bond donors (Lipinski definition) is 2. The van der Waals surface area contributed by atoms with Crippen molar-refractivity contribution in [1.29, 1.82) is 0 Å². The van der Waals surface area contributed by atoms with Crippen LogP contribution in [0.2, 0.25) is 0 Å². The van der Waals surface area contributed by atoms with Crippen LogP contribution in [0.4, 0.5) is 0 Å². The zero-order valence-electron chi connectivity index (χ0n) is 13.4. The molecular formula is C15H24N4O3. The normalized spacial score (nSPS) is 25.4. The predicted octanol–water partition coefficient (Wildman–Crippen LogP) is 2.53. The van der Waals surface area contributed by atoms with Crippen LogP contribution in [-0.2, 0) is 4.79 Å². The van der Waals surface area contributed by atoms with Crippen molar-refractivity contribution < 1.29 is 15.0 Å². The van der Waals surface area contributed by atoms with Crippen LogP contribution in [0, 0.1) is 11.3 Å². The maximum Gasteiger partial charge on any atom is 0.352 e. The second kappa shape index (κ2) is 6.18. The van der Waals surface area contributed by atoms with E-state index in [1.807, 2.05) is 18.7 Å². The van der Waals surface area contributed by atoms with Gasteiger partial charge in [-0.05, 0) is 42.7 Å². The van der Waals surface area contributed by atoms with Crippen LogP contribution in [-0.4, -0.2) is 46.3 Å². The van der Waals surface area contributed by atoms with Gasteiger partial charge in [0.1, 0.15) is 5.70 Å². The first-order chi connectivity index (χ1) is 10.3. The molecular weight excluding hydrogens is 284 g/mol. The highest BCUT2D eigenvalue weighted by molar-refractivity contribution is 5.88. The fraction of sp³-hybridized carbons (Fsp3) is 0.800. The molecule has 0 bridgehead atoms. The third kappa shape index (κ3) is 2.91. The number of azide groups is 1. The molecule has 0 aliphatic carbocycles. The van der Waals surface area contributed by atoms with Gasteiger partial charge in [-0.1, -0.05) is 19.0 Å². The molecule has 0 amide bonds. The van der Waals surface area contributed by atoms with Crippen LogP contribution < -0.4 is 0 Å². The number of carbonyl (C=O) groups is 1. The molecule has 2 heterocycles. The summed E-state index contributed by atoms with van der Waals surface area (Å²) in [7, 11) is 0. The van der Waals surface area contributed by atoms with Crippen LogP contribution in [0.3, 0.4) is 0 Å². The van der Waals surface area contributed by atoms with Crippen molar-refractivity contribution in [2.75, 3.05) is 13.1 Å². The third-order valence-corrected chi connectivity index (χ3v) is 5.05. The van der Waals surface area contributed by atoms with Gasteiger partial charge in [0.2, 0.25) is 0 Å². The molecule has 1 saturated heterocycles. The maximum absolute atomic E-state index is 11.7. The Hall–Kier alpha value is -1.72. The number of hydrogen-bond acceptors (Lipinski definition) is 4. The number of aliphatic carboxylic acids is 1. The standard InChI is InChI=1S/C15H24N4O3/c1-9(20)10-8-19-12(10)7-11(13(19)14(21)22)15(2,3)5-4-6-17-18-16/h9-10,12,20H,4-8H2,1-3H3,(H,21,22). The van der Waals surface area contributed by atoms with E-state index in [9.17, 15) is 15.0 Å². The molecule has 2 rings (SSSR count). The van der Waals surface area contributed by atoms with Crippen molar-refractivity contribution >= 4 is 5.97 Å². The Morgan fingerprint density at radius 1 is 1.59 bits per heavy atom. The Kier molecular flexibility index (Phi) is 4.68. The van der Waals surface area contributed by atoms with E-state index in [1.165, 1.54) is 0 Å². The molecule has 22 heavy (non-hydrogen) atoms. The van der Waals surface area contributed by atoms with E-state index in [2.05, 4.69) is 10.0 Å². The van der Waals surface area contributed by atoms with Gasteiger partial charge in [0, 0.05) is 30.0 Å². The number of carboxylic acid groups (broad SMARTS) is 1. The quantitative estimate of drug-likeness (QED) is 0.326. The third-order valence-electron chi connectivity index (χ3n) is 5.05. The zero-order chi connectivity index (χ0) is 16.5. The minimum absolute atomic E-state index is 0.109. The van der Waals surface area contributed by atoms with Crippen LogP contribution in [0.15, 0.2) is 16.4 Å². The van der Waals surface area contributed by atoms with Gasteiger partial charge in [0.25, 0.3) is 0 Å². The number of carboxylic acids is 1. The molecule has 0 aromatic rings. The fourth-order valence-electron chi connectivity index (χ4n) is 3.69. The Bertz CT molecular complexity index is 535. The molecule has 2 aliphatic rings. The maximum atomic E-state index is 11.7. The van der Waals surface area contributed by atoms with Crippen molar-refractivity contribution in [3.05, 3.63) is 21.7 Å². The van der Waals surface area contributed by atoms with Gasteiger partial charge in [0.15, 0.2) is 0 Å². The highest BCUT2D eigenvalue weighted by Crippen LogP contribution is 2.49. The lowest BCUT2D eigenvalue weighted by atomic mass is 9.76. The molecule has 0 radical (unpaired) electrons. The van der Waals surface area contributed by atoms with Crippen LogP contribution in [0.1, 0.15) is 40.0 Å². The van der Waals surface area contributed by atoms with Crippen molar-refractivity contribution in [2.24, 2.45) is 16.4 Å². The number of nitrogens with zero attached hydrogens (tertiary/aromatic N) is 4. The molecule has 3 unspecified atom stereocenters. The van der Waals surface area contributed by atoms with Crippen molar-refractivity contribution in [3.63, 3.8) is 0 Å². The highest BCUT2D eigenvalue weighted by Gasteiger charge is 2.51. The van der Waals surface area contributed by atoms with E-state index in [-0.39, 0.29) is 17.4 Å². The van der Waals surface area contributed by atoms with Crippen molar-refractivity contribution in [3.8, 4) is 0 Å². The molecule has 0 saturated carbocycles. The van der Waals surface area contributed by atoms with E-state index in [0.717, 1.165) is 18.4 Å². The zero-order valence-corrected chi connectivity index (χ0v) is 13.4. The Morgan fingerprint density at radius 2 is 2.27 bits per heavy atom. The largest absolute Gasteiger partial charge is 0.477 e. The topological polar surface area (TPSA) is 110 Å². The van der Waals surface area contributed by atoms with E-state index in [0.29, 0.717) is 25.2 Å². The lowest BCUT2D eigenvalue weighted by molar-refractivity contribution is -0.136. The monoisotopic (exact) mass is 308 g/mol. The number of aliphatic hydroxyl groups excluding tert-OH is 1. The van der Waals surface area contributed by atoms with Gasteiger partial charge in [-0.2, -0.15) is 0 Å². The van der Waals surface area contributed by atoms with E-state index in [4.69, 9.17) is 5.53 Å². The second-order valence-electron chi connectivity index (χ2n) is 6.90. The molecule has 7 heteroatoms. The molecule has 122 valence electrons. The van der Waals surface area contributed by atoms with E-state index in [1.54, 1.807) is 6.92 Å². The molecule has 7 nitrogen and oxygen atoms in total. The summed E-state index contributed by atoms with van der Waals surface area (Å²) in [6.45, 7) is 6.90. The molecule has 2 aliphatic heterocycles. The van der Waals surface area contributed by atoms with Crippen LogP contribution >= 0.6 is 0 Å². The smallest absolute Gasteiger partial charge is 0.352 e. The van der Waals surface area contributed by atoms with Gasteiger partial charge in [-0.3, -0.25) is 0 Å². The minimum atomic E-state index is -0.885. The van der Waals surface area contributed by atoms with Gasteiger partial charge in [-0.25, -0.2) is 4.79 Å². The first-order valence-electron chi connectivity index (χ1n) is 7.72. The molecule has 0 aromatic heterocycles. The SMILES string of the molecule is CC(O)C1CN2C(C(=O)O)=C(C(C)(C)CCCN=[N+]=[N-])CC12. The summed E-state index contributed by atoms with van der Waals surface area (Å²) >= 11 is 0. The van der Waals surface area contributed by atoms with Crippen LogP contribution in [0.25, 0.3) is 10.4 Å². The van der Waals surface area contributed by atoms with Crippen LogP contribution in [0.5, 0.6) is 0 Å². The van der Waals surface area contributed by atoms with Gasteiger partial charge in [-0.15, -0.1) is 0 Å². The molecule has 2 N–H and O–H groups in total. The Morgan fingerprint density at radius 3 is 2.82 bits per heavy atom. The summed E-state index contributed by atoms with van der Waals surface area (Å²) in [4.78, 5) is 16.3. The summed E-state index contributed by atoms with van der Waals surface area (Å²) in [5.74, 6) is -0.740. The predicted molar refractivity (Wildman–Crippen MR) is 82.0 cm³/mol. The molecule has 1 fully saturated rings. The van der Waals surface area contributed by atoms with Gasteiger partial charge >= 0.3 is 5.97 Å². The molecule has 0 spiro atoms. The summed E-state index contributed by atoms with van der Waals surface area (Å²) in [6.07, 6.45) is 1.80. The number of fused-ring (bicyclic) bond motifs is 1. The Balaban J connectivity index is 2.15. The van der Waals surface area contributed by atoms with E-state index < -0.39 is 12.1 Å². The van der Waals surface area contributed by atoms with Crippen molar-refractivity contribution in [2.45, 2.75) is 52.2 Å². The minimum Gasteiger partial charge on any atom is -0.477 e. The summed E-state index contributed by atoms with van der Waals surface area (Å²) in [6, 6.07) is 0.109. The first-order valence-corrected chi connectivity index (χ1v) is 7.72. The lowest BCUT2D eigenvalue weighted by Gasteiger charge is -2.47. The molecule has 3 atom stereocenters. The van der Waals surface area contributed by atoms with Gasteiger partial charge < -0.3 is 15.1 Å². The van der Waals surface area contributed by atoms with Gasteiger partial charge in [0.05, 0.1) is 6.10 Å². The average molecular weight is 308 g/mol. The average Bonchev–Trinajstić information content (AvgIpc) is 2.68. The fourth-order valence-corrected chi connectivity index (χ4v) is 3.69. The summed E-state index contributed by atoms with van der Waals surface area (Å²) < 4.78 is 0. The second-order valence-corrected chi connectivity index (χ2v) is 6.90. The number of rotatable bonds is 7. The lowest BCUT2D eigenvalue weighted by Crippen LogP contribution is -2.57. The summed E-state index contributed by atoms with van der Waals surface area (Å²) in [5.41, 5.74) is 9.44. The first kappa shape index (κ1) is 16.6. The Labute approximate surface area is 130 Å². The highest BCUT2D eigenvalue weighted by atomic mass is 16.4. The van der Waals surface area contributed by atoms with E-state index >= 15 is 0 Å². The summed E-state index contributed by atoms with van der Waals surface area (Å²) in [5, 5.41) is 22.9. The number of aliphatic hydroxyl groups is 1. The molecule has 0 aromatic carbocycles.